The van der Waals surface area contributed by atoms with E-state index in [9.17, 15) is 4.79 Å². The van der Waals surface area contributed by atoms with Crippen LogP contribution in [0.2, 0.25) is 0 Å². The number of fused-ring (bicyclic) bond motifs is 1. The number of furan rings is 1. The highest BCUT2D eigenvalue weighted by atomic mass is 32.1. The van der Waals surface area contributed by atoms with Gasteiger partial charge in [-0.3, -0.25) is 4.79 Å². The van der Waals surface area contributed by atoms with Crippen LogP contribution in [0.15, 0.2) is 52.4 Å². The quantitative estimate of drug-likeness (QED) is 0.687. The first-order chi connectivity index (χ1) is 11.8. The molecule has 2 aromatic heterocycles. The van der Waals surface area contributed by atoms with E-state index in [1.54, 1.807) is 23.5 Å². The summed E-state index contributed by atoms with van der Waals surface area (Å²) in [6.45, 7) is 3.06. The van der Waals surface area contributed by atoms with Crippen LogP contribution in [0.3, 0.4) is 0 Å². The molecule has 0 saturated carbocycles. The van der Waals surface area contributed by atoms with E-state index in [0.29, 0.717) is 18.8 Å². The van der Waals surface area contributed by atoms with E-state index in [1.165, 1.54) is 0 Å². The summed E-state index contributed by atoms with van der Waals surface area (Å²) in [6, 6.07) is 9.77. The van der Waals surface area contributed by atoms with E-state index in [0.717, 1.165) is 29.2 Å². The van der Waals surface area contributed by atoms with Gasteiger partial charge in [0.2, 0.25) is 5.91 Å². The minimum Gasteiger partial charge on any atom is -0.457 e. The zero-order chi connectivity index (χ0) is 16.4. The molecule has 3 aromatic rings. The van der Waals surface area contributed by atoms with Crippen LogP contribution >= 0.6 is 11.3 Å². The molecule has 1 saturated heterocycles. The van der Waals surface area contributed by atoms with Crippen LogP contribution in [0.4, 0.5) is 5.13 Å². The van der Waals surface area contributed by atoms with Gasteiger partial charge in [0.25, 0.3) is 0 Å². The van der Waals surface area contributed by atoms with Crippen molar-refractivity contribution < 1.29 is 9.21 Å². The monoisotopic (exact) mass is 339 g/mol. The van der Waals surface area contributed by atoms with Gasteiger partial charge in [0.05, 0.1) is 0 Å². The predicted molar refractivity (Wildman–Crippen MR) is 96.2 cm³/mol. The number of anilines is 1. The second-order valence-corrected chi connectivity index (χ2v) is 6.52. The van der Waals surface area contributed by atoms with Crippen LogP contribution in [-0.2, 0) is 4.79 Å². The highest BCUT2D eigenvalue weighted by Gasteiger charge is 2.20. The average molecular weight is 339 g/mol. The molecule has 0 atom stereocenters. The minimum atomic E-state index is 0.0224. The van der Waals surface area contributed by atoms with Crippen LogP contribution in [0.5, 0.6) is 0 Å². The Morgan fingerprint density at radius 1 is 1.21 bits per heavy atom. The summed E-state index contributed by atoms with van der Waals surface area (Å²) in [7, 11) is 0. The normalized spacial score (nSPS) is 15.5. The lowest BCUT2D eigenvalue weighted by Crippen LogP contribution is -2.48. The van der Waals surface area contributed by atoms with Gasteiger partial charge in [-0.1, -0.05) is 18.2 Å². The molecule has 1 aliphatic heterocycles. The summed E-state index contributed by atoms with van der Waals surface area (Å²) < 4.78 is 5.70. The van der Waals surface area contributed by atoms with Gasteiger partial charge in [-0.05, 0) is 18.2 Å². The number of nitrogens with zero attached hydrogens (tertiary/aromatic N) is 3. The molecule has 3 heterocycles. The number of thiazole rings is 1. The van der Waals surface area contributed by atoms with Crippen LogP contribution in [0.1, 0.15) is 5.76 Å². The maximum Gasteiger partial charge on any atom is 0.246 e. The smallest absolute Gasteiger partial charge is 0.246 e. The summed E-state index contributed by atoms with van der Waals surface area (Å²) in [6.07, 6.45) is 5.15. The van der Waals surface area contributed by atoms with Gasteiger partial charge in [0.1, 0.15) is 11.3 Å². The molecule has 0 N–H and O–H groups in total. The highest BCUT2D eigenvalue weighted by molar-refractivity contribution is 7.13. The number of rotatable bonds is 3. The van der Waals surface area contributed by atoms with E-state index < -0.39 is 0 Å². The maximum atomic E-state index is 12.3. The summed E-state index contributed by atoms with van der Waals surface area (Å²) in [5, 5.41) is 4.05. The highest BCUT2D eigenvalue weighted by Crippen LogP contribution is 2.21. The van der Waals surface area contributed by atoms with Crippen molar-refractivity contribution in [1.82, 2.24) is 9.88 Å². The van der Waals surface area contributed by atoms with Crippen molar-refractivity contribution in [2.45, 2.75) is 0 Å². The third-order valence-corrected chi connectivity index (χ3v) is 4.95. The molecule has 0 aliphatic carbocycles. The predicted octanol–water partition coefficient (Wildman–Crippen LogP) is 3.25. The van der Waals surface area contributed by atoms with Gasteiger partial charge >= 0.3 is 0 Å². The number of hydrogen-bond donors (Lipinski definition) is 0. The summed E-state index contributed by atoms with van der Waals surface area (Å²) in [5.41, 5.74) is 0.835. The molecule has 0 bridgehead atoms. The molecular weight excluding hydrogens is 322 g/mol. The van der Waals surface area contributed by atoms with Crippen molar-refractivity contribution >= 4 is 39.4 Å². The Hall–Kier alpha value is -2.60. The van der Waals surface area contributed by atoms with Gasteiger partial charge in [0, 0.05) is 49.2 Å². The Bertz CT molecular complexity index is 828. The molecular formula is C18H17N3O2S. The van der Waals surface area contributed by atoms with Crippen LogP contribution in [-0.4, -0.2) is 42.0 Å². The van der Waals surface area contributed by atoms with Gasteiger partial charge in [0.15, 0.2) is 5.13 Å². The molecule has 4 rings (SSSR count). The molecule has 122 valence electrons. The number of benzene rings is 1. The van der Waals surface area contributed by atoms with Crippen molar-refractivity contribution in [2.24, 2.45) is 0 Å². The minimum absolute atomic E-state index is 0.0224. The average Bonchev–Trinajstić information content (AvgIpc) is 3.29. The van der Waals surface area contributed by atoms with Gasteiger partial charge in [-0.25, -0.2) is 4.98 Å². The number of amides is 1. The lowest BCUT2D eigenvalue weighted by atomic mass is 10.2. The Morgan fingerprint density at radius 3 is 2.79 bits per heavy atom. The second kappa shape index (κ2) is 6.49. The summed E-state index contributed by atoms with van der Waals surface area (Å²) in [5.74, 6) is 0.722. The molecule has 0 radical (unpaired) electrons. The molecule has 1 aromatic carbocycles. The second-order valence-electron chi connectivity index (χ2n) is 5.65. The number of para-hydroxylation sites is 1. The Morgan fingerprint density at radius 2 is 2.04 bits per heavy atom. The number of carbonyl (C=O) groups is 1. The van der Waals surface area contributed by atoms with Crippen LogP contribution in [0, 0.1) is 0 Å². The third kappa shape index (κ3) is 3.05. The molecule has 1 fully saturated rings. The molecule has 0 spiro atoms. The van der Waals surface area contributed by atoms with Gasteiger partial charge < -0.3 is 14.2 Å². The number of carbonyl (C=O) groups excluding carboxylic acids is 1. The molecule has 24 heavy (non-hydrogen) atoms. The van der Waals surface area contributed by atoms with E-state index >= 15 is 0 Å². The van der Waals surface area contributed by atoms with E-state index in [1.807, 2.05) is 46.8 Å². The first-order valence-corrected chi connectivity index (χ1v) is 8.77. The fourth-order valence-corrected chi connectivity index (χ4v) is 3.53. The summed E-state index contributed by atoms with van der Waals surface area (Å²) in [4.78, 5) is 20.8. The first kappa shape index (κ1) is 15.0. The molecule has 1 amide bonds. The fraction of sp³-hybridized carbons (Fsp3) is 0.222. The molecule has 6 heteroatoms. The van der Waals surface area contributed by atoms with Crippen molar-refractivity contribution in [1.29, 1.82) is 0 Å². The lowest BCUT2D eigenvalue weighted by molar-refractivity contribution is -0.126. The lowest BCUT2D eigenvalue weighted by Gasteiger charge is -2.34. The van der Waals surface area contributed by atoms with E-state index in [2.05, 4.69) is 9.88 Å². The zero-order valence-electron chi connectivity index (χ0n) is 13.1. The Labute approximate surface area is 143 Å². The van der Waals surface area contributed by atoms with Gasteiger partial charge in [-0.2, -0.15) is 0 Å². The number of hydrogen-bond acceptors (Lipinski definition) is 5. The largest absolute Gasteiger partial charge is 0.457 e. The topological polar surface area (TPSA) is 49.6 Å². The SMILES string of the molecule is O=C(/C=C/c1cc2ccccc2o1)N1CCN(c2nccs2)CC1. The van der Waals surface area contributed by atoms with Crippen molar-refractivity contribution in [3.05, 3.63) is 53.7 Å². The van der Waals surface area contributed by atoms with E-state index in [-0.39, 0.29) is 5.91 Å². The first-order valence-electron chi connectivity index (χ1n) is 7.89. The summed E-state index contributed by atoms with van der Waals surface area (Å²) >= 11 is 1.63. The van der Waals surface area contributed by atoms with Crippen molar-refractivity contribution in [2.75, 3.05) is 31.1 Å². The molecule has 5 nitrogen and oxygen atoms in total. The number of aromatic nitrogens is 1. The fourth-order valence-electron chi connectivity index (χ4n) is 2.83. The number of piperazine rings is 1. The van der Waals surface area contributed by atoms with Crippen molar-refractivity contribution in [3.63, 3.8) is 0 Å². The Kier molecular flexibility index (Phi) is 4.04. The molecule has 0 unspecified atom stereocenters. The van der Waals surface area contributed by atoms with E-state index in [4.69, 9.17) is 4.42 Å². The van der Waals surface area contributed by atoms with Crippen LogP contribution < -0.4 is 4.90 Å². The molecule has 1 aliphatic rings. The zero-order valence-corrected chi connectivity index (χ0v) is 13.9. The van der Waals surface area contributed by atoms with Crippen molar-refractivity contribution in [3.8, 4) is 0 Å². The third-order valence-electron chi connectivity index (χ3n) is 4.12. The maximum absolute atomic E-state index is 12.3. The van der Waals surface area contributed by atoms with Gasteiger partial charge in [-0.15, -0.1) is 11.3 Å². The standard InChI is InChI=1S/C18H17N3O2S/c22-17(6-5-15-13-14-3-1-2-4-16(14)23-15)20-8-10-21(11-9-20)18-19-7-12-24-18/h1-7,12-13H,8-11H2/b6-5+. The van der Waals surface area contributed by atoms with Crippen LogP contribution in [0.25, 0.3) is 17.0 Å². The Balaban J connectivity index is 1.38.